The zero-order valence-electron chi connectivity index (χ0n) is 14.7. The number of nitriles is 1. The van der Waals surface area contributed by atoms with E-state index < -0.39 is 12.5 Å². The van der Waals surface area contributed by atoms with Crippen molar-refractivity contribution >= 4 is 16.7 Å². The van der Waals surface area contributed by atoms with Crippen molar-refractivity contribution in [3.8, 4) is 29.0 Å². The van der Waals surface area contributed by atoms with Gasteiger partial charge in [-0.15, -0.1) is 10.2 Å². The molecule has 0 unspecified atom stereocenters. The molecule has 0 spiro atoms. The first-order chi connectivity index (χ1) is 13.4. The molecule has 4 aromatic rings. The molecule has 0 atom stereocenters. The van der Waals surface area contributed by atoms with Crippen LogP contribution in [0.25, 0.3) is 33.9 Å². The Labute approximate surface area is 158 Å². The van der Waals surface area contributed by atoms with Gasteiger partial charge in [0.2, 0.25) is 11.8 Å². The second-order valence-electron chi connectivity index (χ2n) is 6.34. The van der Waals surface area contributed by atoms with Crippen LogP contribution in [0.15, 0.2) is 47.1 Å². The van der Waals surface area contributed by atoms with E-state index in [0.717, 1.165) is 23.5 Å². The van der Waals surface area contributed by atoms with Crippen LogP contribution in [0.4, 0.5) is 14.5 Å². The third-order valence-electron chi connectivity index (χ3n) is 4.07. The topological polar surface area (TPSA) is 103 Å². The van der Waals surface area contributed by atoms with Gasteiger partial charge >= 0.3 is 0 Å². The minimum atomic E-state index is -2.89. The quantitative estimate of drug-likeness (QED) is 0.537. The predicted octanol–water partition coefficient (Wildman–Crippen LogP) is 4.22. The minimum Gasteiger partial charge on any atom is -0.416 e. The number of H-pyrrole nitrogens is 1. The monoisotopic (exact) mass is 380 g/mol. The fraction of sp³-hybridized carbons (Fsp3) is 0.158. The van der Waals surface area contributed by atoms with Gasteiger partial charge in [-0.1, -0.05) is 0 Å². The van der Waals surface area contributed by atoms with E-state index >= 15 is 0 Å². The van der Waals surface area contributed by atoms with E-state index in [4.69, 9.17) is 4.42 Å². The molecule has 0 radical (unpaired) electrons. The number of fused-ring (bicyclic) bond motifs is 1. The molecule has 0 fully saturated rings. The van der Waals surface area contributed by atoms with E-state index in [1.807, 2.05) is 24.3 Å². The summed E-state index contributed by atoms with van der Waals surface area (Å²) in [4.78, 5) is 7.17. The lowest BCUT2D eigenvalue weighted by molar-refractivity contribution is 0.0368. The summed E-state index contributed by atoms with van der Waals surface area (Å²) in [6.45, 7) is 0.239. The average molecular weight is 380 g/mol. The van der Waals surface area contributed by atoms with Crippen molar-refractivity contribution in [3.63, 3.8) is 0 Å². The molecule has 7 nitrogen and oxygen atoms in total. The average Bonchev–Trinajstić information content (AvgIpc) is 3.34. The summed E-state index contributed by atoms with van der Waals surface area (Å²) in [5.41, 5.74) is 3.43. The van der Waals surface area contributed by atoms with Crippen LogP contribution in [-0.2, 0) is 0 Å². The van der Waals surface area contributed by atoms with Crippen molar-refractivity contribution in [2.75, 3.05) is 11.9 Å². The molecule has 0 saturated heterocycles. The first-order valence-electron chi connectivity index (χ1n) is 8.36. The highest BCUT2D eigenvalue weighted by molar-refractivity contribution is 5.79. The predicted molar refractivity (Wildman–Crippen MR) is 98.6 cm³/mol. The number of aromatic nitrogens is 4. The van der Waals surface area contributed by atoms with Crippen LogP contribution in [0, 0.1) is 11.3 Å². The van der Waals surface area contributed by atoms with Crippen LogP contribution < -0.4 is 5.32 Å². The van der Waals surface area contributed by atoms with E-state index in [9.17, 15) is 14.0 Å². The maximum atomic E-state index is 13.0. The van der Waals surface area contributed by atoms with Gasteiger partial charge in [0.15, 0.2) is 0 Å². The Balaban J connectivity index is 1.62. The number of hydrogen-bond acceptors (Lipinski definition) is 6. The zero-order valence-corrected chi connectivity index (χ0v) is 14.7. The summed E-state index contributed by atoms with van der Waals surface area (Å²) >= 11 is 0. The van der Waals surface area contributed by atoms with Crippen LogP contribution in [0.5, 0.6) is 0 Å². The van der Waals surface area contributed by atoms with Gasteiger partial charge in [0, 0.05) is 18.1 Å². The second kappa shape index (κ2) is 6.74. The fourth-order valence-electron chi connectivity index (χ4n) is 2.70. The van der Waals surface area contributed by atoms with E-state index in [2.05, 4.69) is 25.5 Å². The molecule has 28 heavy (non-hydrogen) atoms. The summed E-state index contributed by atoms with van der Waals surface area (Å²) in [6, 6.07) is 12.2. The van der Waals surface area contributed by atoms with Crippen molar-refractivity contribution in [1.29, 1.82) is 5.26 Å². The Kier molecular flexibility index (Phi) is 4.24. The Morgan fingerprint density at radius 1 is 1.14 bits per heavy atom. The van der Waals surface area contributed by atoms with Crippen molar-refractivity contribution in [2.45, 2.75) is 12.8 Å². The highest BCUT2D eigenvalue weighted by Crippen LogP contribution is 2.28. The molecule has 0 amide bonds. The van der Waals surface area contributed by atoms with Crippen molar-refractivity contribution < 1.29 is 13.2 Å². The molecular weight excluding hydrogens is 366 g/mol. The molecule has 2 heterocycles. The maximum absolute atomic E-state index is 13.0. The maximum Gasteiger partial charge on any atom is 0.262 e. The fourth-order valence-corrected chi connectivity index (χ4v) is 2.70. The molecule has 0 bridgehead atoms. The number of benzene rings is 2. The van der Waals surface area contributed by atoms with Gasteiger partial charge in [0.25, 0.3) is 5.92 Å². The third kappa shape index (κ3) is 3.53. The first kappa shape index (κ1) is 17.6. The van der Waals surface area contributed by atoms with Crippen LogP contribution >= 0.6 is 0 Å². The van der Waals surface area contributed by atoms with Crippen molar-refractivity contribution in [2.24, 2.45) is 0 Å². The molecule has 140 valence electrons. The number of aromatic amines is 1. The lowest BCUT2D eigenvalue weighted by atomic mass is 10.1. The van der Waals surface area contributed by atoms with Gasteiger partial charge in [-0.25, -0.2) is 13.8 Å². The second-order valence-corrected chi connectivity index (χ2v) is 6.34. The van der Waals surface area contributed by atoms with Gasteiger partial charge < -0.3 is 14.7 Å². The molecule has 0 aliphatic heterocycles. The Morgan fingerprint density at radius 2 is 1.86 bits per heavy atom. The molecule has 2 aromatic heterocycles. The Morgan fingerprint density at radius 3 is 2.57 bits per heavy atom. The molecule has 0 aliphatic carbocycles. The molecule has 4 rings (SSSR count). The van der Waals surface area contributed by atoms with Gasteiger partial charge in [-0.3, -0.25) is 0 Å². The van der Waals surface area contributed by atoms with Crippen molar-refractivity contribution in [3.05, 3.63) is 48.3 Å². The first-order valence-corrected chi connectivity index (χ1v) is 8.36. The number of hydrogen-bond donors (Lipinski definition) is 2. The third-order valence-corrected chi connectivity index (χ3v) is 4.07. The normalized spacial score (nSPS) is 11.5. The summed E-state index contributed by atoms with van der Waals surface area (Å²) in [6.07, 6.45) is 1.60. The molecule has 9 heteroatoms. The standard InChI is InChI=1S/C19H14F2N6O/c1-19(20,21)9-23-14-4-2-11(6-13(14)8-22)17-26-27-18(28-17)12-3-5-15-16(7-12)25-10-24-15/h2-7,10,23H,9H2,1H3,(H,24,25). The number of anilines is 1. The number of alkyl halides is 2. The van der Waals surface area contributed by atoms with E-state index in [0.29, 0.717) is 17.1 Å². The van der Waals surface area contributed by atoms with Gasteiger partial charge in [0.05, 0.1) is 35.2 Å². The molecule has 0 aliphatic rings. The van der Waals surface area contributed by atoms with Gasteiger partial charge in [0.1, 0.15) is 6.07 Å². The largest absolute Gasteiger partial charge is 0.416 e. The van der Waals surface area contributed by atoms with Crippen LogP contribution in [0.2, 0.25) is 0 Å². The summed E-state index contributed by atoms with van der Waals surface area (Å²) < 4.78 is 31.8. The summed E-state index contributed by atoms with van der Waals surface area (Å²) in [5, 5.41) is 20.0. The lowest BCUT2D eigenvalue weighted by Crippen LogP contribution is -2.23. The number of nitrogens with zero attached hydrogens (tertiary/aromatic N) is 4. The number of imidazole rings is 1. The van der Waals surface area contributed by atoms with Crippen molar-refractivity contribution in [1.82, 2.24) is 20.2 Å². The Hall–Kier alpha value is -3.80. The lowest BCUT2D eigenvalue weighted by Gasteiger charge is -2.13. The molecular formula is C19H14F2N6O. The SMILES string of the molecule is CC(F)(F)CNc1ccc(-c2nnc(-c3ccc4nc[nH]c4c3)o2)cc1C#N. The summed E-state index contributed by atoms with van der Waals surface area (Å²) in [7, 11) is 0. The number of halogens is 2. The summed E-state index contributed by atoms with van der Waals surface area (Å²) in [5.74, 6) is -2.34. The minimum absolute atomic E-state index is 0.209. The zero-order chi connectivity index (χ0) is 19.7. The van der Waals surface area contributed by atoms with Gasteiger partial charge in [-0.2, -0.15) is 5.26 Å². The molecule has 2 N–H and O–H groups in total. The van der Waals surface area contributed by atoms with E-state index in [1.165, 1.54) is 6.07 Å². The molecule has 2 aromatic carbocycles. The highest BCUT2D eigenvalue weighted by atomic mass is 19.3. The van der Waals surface area contributed by atoms with Crippen LogP contribution in [-0.4, -0.2) is 32.6 Å². The Bertz CT molecular complexity index is 1190. The number of rotatable bonds is 5. The van der Waals surface area contributed by atoms with Gasteiger partial charge in [-0.05, 0) is 36.4 Å². The number of nitrogens with one attached hydrogen (secondary N) is 2. The molecule has 0 saturated carbocycles. The van der Waals surface area contributed by atoms with Crippen LogP contribution in [0.1, 0.15) is 12.5 Å². The smallest absolute Gasteiger partial charge is 0.262 e. The van der Waals surface area contributed by atoms with Crippen LogP contribution in [0.3, 0.4) is 0 Å². The van der Waals surface area contributed by atoms with E-state index in [1.54, 1.807) is 18.5 Å². The highest BCUT2D eigenvalue weighted by Gasteiger charge is 2.21. The van der Waals surface area contributed by atoms with E-state index in [-0.39, 0.29) is 11.5 Å².